The number of piperidine rings is 1. The Morgan fingerprint density at radius 1 is 0.875 bits per heavy atom. The maximum Gasteiger partial charge on any atom is 0.254 e. The fraction of sp³-hybridized carbons (Fsp3) is 0.400. The van der Waals surface area contributed by atoms with Gasteiger partial charge in [-0.2, -0.15) is 0 Å². The molecule has 0 aliphatic carbocycles. The monoisotopic (exact) mass is 435 g/mol. The van der Waals surface area contributed by atoms with Crippen LogP contribution in [-0.4, -0.2) is 72.3 Å². The predicted octanol–water partition coefficient (Wildman–Crippen LogP) is 2.73. The maximum absolute atomic E-state index is 13.6. The molecule has 3 amide bonds. The highest BCUT2D eigenvalue weighted by Crippen LogP contribution is 2.28. The standard InChI is InChI=1S/C25H29N3O4/c1-32-21-11-7-10-20(18-21)24(30)26-14-16-27(17-15-26)25(31)23(19-8-3-2-4-9-19)28-13-6-5-12-22(28)29/h2-4,7-11,18,23H,5-6,12-17H2,1H3. The first kappa shape index (κ1) is 21.9. The molecule has 0 bridgehead atoms. The minimum Gasteiger partial charge on any atom is -0.497 e. The summed E-state index contributed by atoms with van der Waals surface area (Å²) in [5.74, 6) is 0.536. The largest absolute Gasteiger partial charge is 0.497 e. The van der Waals surface area contributed by atoms with Crippen molar-refractivity contribution < 1.29 is 19.1 Å². The normalized spacial score (nSPS) is 17.8. The molecule has 2 aromatic carbocycles. The topological polar surface area (TPSA) is 70.2 Å². The Hall–Kier alpha value is -3.35. The van der Waals surface area contributed by atoms with Gasteiger partial charge in [0.05, 0.1) is 7.11 Å². The Morgan fingerprint density at radius 3 is 2.28 bits per heavy atom. The van der Waals surface area contributed by atoms with Crippen LogP contribution >= 0.6 is 0 Å². The summed E-state index contributed by atoms with van der Waals surface area (Å²) < 4.78 is 5.22. The molecule has 2 aliphatic rings. The van der Waals surface area contributed by atoms with E-state index in [-0.39, 0.29) is 17.7 Å². The Kier molecular flexibility index (Phi) is 6.73. The number of methoxy groups -OCH3 is 1. The SMILES string of the molecule is COc1cccc(C(=O)N2CCN(C(=O)C(c3ccccc3)N3CCCCC3=O)CC2)c1. The van der Waals surface area contributed by atoms with Gasteiger partial charge < -0.3 is 19.4 Å². The zero-order valence-electron chi connectivity index (χ0n) is 18.4. The number of nitrogens with zero attached hydrogens (tertiary/aromatic N) is 3. The molecule has 2 aromatic rings. The third kappa shape index (κ3) is 4.61. The van der Waals surface area contributed by atoms with Crippen LogP contribution in [0.15, 0.2) is 54.6 Å². The lowest BCUT2D eigenvalue weighted by Gasteiger charge is -2.40. The summed E-state index contributed by atoms with van der Waals surface area (Å²) in [6, 6.07) is 16.0. The first-order valence-corrected chi connectivity index (χ1v) is 11.1. The molecule has 1 unspecified atom stereocenters. The molecule has 2 aliphatic heterocycles. The average molecular weight is 436 g/mol. The number of amides is 3. The third-order valence-corrected chi connectivity index (χ3v) is 6.22. The van der Waals surface area contributed by atoms with Crippen molar-refractivity contribution in [3.63, 3.8) is 0 Å². The van der Waals surface area contributed by atoms with E-state index in [1.54, 1.807) is 46.1 Å². The fourth-order valence-electron chi connectivity index (χ4n) is 4.43. The van der Waals surface area contributed by atoms with Crippen LogP contribution in [-0.2, 0) is 9.59 Å². The molecule has 0 N–H and O–H groups in total. The second-order valence-corrected chi connectivity index (χ2v) is 8.21. The molecule has 168 valence electrons. The van der Waals surface area contributed by atoms with Gasteiger partial charge in [0.2, 0.25) is 11.8 Å². The van der Waals surface area contributed by atoms with Gasteiger partial charge in [0.15, 0.2) is 0 Å². The number of ether oxygens (including phenoxy) is 1. The van der Waals surface area contributed by atoms with Gasteiger partial charge in [0.1, 0.15) is 11.8 Å². The zero-order chi connectivity index (χ0) is 22.5. The number of hydrogen-bond acceptors (Lipinski definition) is 4. The highest BCUT2D eigenvalue weighted by molar-refractivity contribution is 5.95. The van der Waals surface area contributed by atoms with Crippen LogP contribution < -0.4 is 4.74 Å². The minimum atomic E-state index is -0.607. The van der Waals surface area contributed by atoms with Crippen LogP contribution in [0.25, 0.3) is 0 Å². The van der Waals surface area contributed by atoms with Gasteiger partial charge in [-0.3, -0.25) is 14.4 Å². The molecule has 0 radical (unpaired) electrons. The molecular formula is C25H29N3O4. The minimum absolute atomic E-state index is 0.0327. The van der Waals surface area contributed by atoms with Crippen LogP contribution in [0.1, 0.15) is 41.2 Å². The van der Waals surface area contributed by atoms with Gasteiger partial charge in [-0.05, 0) is 36.6 Å². The summed E-state index contributed by atoms with van der Waals surface area (Å²) in [5, 5.41) is 0. The van der Waals surface area contributed by atoms with Crippen molar-refractivity contribution in [3.8, 4) is 5.75 Å². The van der Waals surface area contributed by atoms with Gasteiger partial charge in [-0.15, -0.1) is 0 Å². The van der Waals surface area contributed by atoms with E-state index in [1.165, 1.54) is 0 Å². The molecule has 0 aromatic heterocycles. The van der Waals surface area contributed by atoms with Crippen molar-refractivity contribution in [2.24, 2.45) is 0 Å². The first-order valence-electron chi connectivity index (χ1n) is 11.1. The molecule has 1 atom stereocenters. The van der Waals surface area contributed by atoms with Crippen LogP contribution in [0.2, 0.25) is 0 Å². The van der Waals surface area contributed by atoms with Crippen molar-refractivity contribution in [2.45, 2.75) is 25.3 Å². The molecule has 4 rings (SSSR count). The molecule has 2 heterocycles. The Labute approximate surface area is 188 Å². The number of carbonyl (C=O) groups excluding carboxylic acids is 3. The van der Waals surface area contributed by atoms with E-state index >= 15 is 0 Å². The number of likely N-dealkylation sites (tertiary alicyclic amines) is 1. The van der Waals surface area contributed by atoms with Gasteiger partial charge >= 0.3 is 0 Å². The molecule has 0 saturated carbocycles. The fourth-order valence-corrected chi connectivity index (χ4v) is 4.43. The Bertz CT molecular complexity index is 970. The molecule has 2 saturated heterocycles. The first-order chi connectivity index (χ1) is 15.6. The van der Waals surface area contributed by atoms with Crippen LogP contribution in [0, 0.1) is 0 Å². The maximum atomic E-state index is 13.6. The number of rotatable bonds is 5. The summed E-state index contributed by atoms with van der Waals surface area (Å²) in [6.07, 6.45) is 2.26. The van der Waals surface area contributed by atoms with Gasteiger partial charge in [-0.1, -0.05) is 36.4 Å². The number of hydrogen-bond donors (Lipinski definition) is 0. The number of benzene rings is 2. The Balaban J connectivity index is 1.46. The van der Waals surface area contributed by atoms with E-state index in [0.717, 1.165) is 18.4 Å². The molecule has 0 spiro atoms. The van der Waals surface area contributed by atoms with Crippen molar-refractivity contribution in [1.29, 1.82) is 0 Å². The van der Waals surface area contributed by atoms with Crippen LogP contribution in [0.4, 0.5) is 0 Å². The smallest absolute Gasteiger partial charge is 0.254 e. The van der Waals surface area contributed by atoms with Crippen LogP contribution in [0.5, 0.6) is 5.75 Å². The summed E-state index contributed by atoms with van der Waals surface area (Å²) in [5.41, 5.74) is 1.41. The van der Waals surface area contributed by atoms with E-state index < -0.39 is 6.04 Å². The van der Waals surface area contributed by atoms with Crippen molar-refractivity contribution in [1.82, 2.24) is 14.7 Å². The van der Waals surface area contributed by atoms with Crippen molar-refractivity contribution >= 4 is 17.7 Å². The van der Waals surface area contributed by atoms with Crippen molar-refractivity contribution in [3.05, 3.63) is 65.7 Å². The quantitative estimate of drug-likeness (QED) is 0.724. The van der Waals surface area contributed by atoms with Crippen LogP contribution in [0.3, 0.4) is 0 Å². The Morgan fingerprint density at radius 2 is 1.59 bits per heavy atom. The zero-order valence-corrected chi connectivity index (χ0v) is 18.4. The van der Waals surface area contributed by atoms with E-state index in [4.69, 9.17) is 4.74 Å². The molecule has 7 nitrogen and oxygen atoms in total. The number of carbonyl (C=O) groups is 3. The van der Waals surface area contributed by atoms with Gasteiger partial charge in [0, 0.05) is 44.7 Å². The summed E-state index contributed by atoms with van der Waals surface area (Å²) >= 11 is 0. The lowest BCUT2D eigenvalue weighted by molar-refractivity contribution is -0.148. The van der Waals surface area contributed by atoms with E-state index in [0.29, 0.717) is 50.5 Å². The third-order valence-electron chi connectivity index (χ3n) is 6.22. The molecule has 32 heavy (non-hydrogen) atoms. The van der Waals surface area contributed by atoms with Gasteiger partial charge in [-0.25, -0.2) is 0 Å². The number of piperazine rings is 1. The lowest BCUT2D eigenvalue weighted by atomic mass is 9.99. The summed E-state index contributed by atoms with van der Waals surface area (Å²) in [7, 11) is 1.57. The second-order valence-electron chi connectivity index (χ2n) is 8.21. The second kappa shape index (κ2) is 9.85. The lowest BCUT2D eigenvalue weighted by Crippen LogP contribution is -2.54. The molecular weight excluding hydrogens is 406 g/mol. The molecule has 7 heteroatoms. The van der Waals surface area contributed by atoms with E-state index in [1.807, 2.05) is 30.3 Å². The van der Waals surface area contributed by atoms with E-state index in [2.05, 4.69) is 0 Å². The van der Waals surface area contributed by atoms with Crippen molar-refractivity contribution in [2.75, 3.05) is 39.8 Å². The highest BCUT2D eigenvalue weighted by Gasteiger charge is 2.36. The van der Waals surface area contributed by atoms with Gasteiger partial charge in [0.25, 0.3) is 5.91 Å². The average Bonchev–Trinajstić information content (AvgIpc) is 2.85. The summed E-state index contributed by atoms with van der Waals surface area (Å²) in [6.45, 7) is 2.40. The van der Waals surface area contributed by atoms with E-state index in [9.17, 15) is 14.4 Å². The molecule has 2 fully saturated rings. The highest BCUT2D eigenvalue weighted by atomic mass is 16.5. The summed E-state index contributed by atoms with van der Waals surface area (Å²) in [4.78, 5) is 44.4. The predicted molar refractivity (Wildman–Crippen MR) is 120 cm³/mol.